The quantitative estimate of drug-likeness (QED) is 0.802. The zero-order valence-corrected chi connectivity index (χ0v) is 14.9. The molecule has 1 aromatic heterocycles. The van der Waals surface area contributed by atoms with E-state index in [0.29, 0.717) is 38.5 Å². The maximum Gasteiger partial charge on any atom is 0.405 e. The highest BCUT2D eigenvalue weighted by atomic mass is 16.5. The molecular formula is C19H22N4O4. The predicted octanol–water partition coefficient (Wildman–Crippen LogP) is 1.58. The number of nitrogens with one attached hydrogen (secondary N) is 1. The van der Waals surface area contributed by atoms with Gasteiger partial charge in [0.25, 0.3) is 0 Å². The number of benzene rings is 1. The van der Waals surface area contributed by atoms with Crippen molar-refractivity contribution in [3.63, 3.8) is 0 Å². The number of carboxylic acid groups (broad SMARTS) is 1. The molecule has 142 valence electrons. The highest BCUT2D eigenvalue weighted by Crippen LogP contribution is 2.18. The van der Waals surface area contributed by atoms with Gasteiger partial charge in [0, 0.05) is 26.2 Å². The van der Waals surface area contributed by atoms with Crippen LogP contribution in [-0.2, 0) is 11.4 Å². The molecule has 1 aliphatic rings. The number of aromatic nitrogens is 1. The van der Waals surface area contributed by atoms with Gasteiger partial charge in [-0.1, -0.05) is 30.3 Å². The molecule has 2 amide bonds. The van der Waals surface area contributed by atoms with Crippen LogP contribution in [0.25, 0.3) is 0 Å². The summed E-state index contributed by atoms with van der Waals surface area (Å²) in [6.07, 6.45) is 0.507. The Morgan fingerprint density at radius 2 is 1.81 bits per heavy atom. The van der Waals surface area contributed by atoms with Crippen LogP contribution < -0.4 is 15.0 Å². The smallest absolute Gasteiger partial charge is 0.405 e. The minimum atomic E-state index is -1.19. The van der Waals surface area contributed by atoms with Gasteiger partial charge in [0.2, 0.25) is 5.91 Å². The summed E-state index contributed by atoms with van der Waals surface area (Å²) in [5, 5.41) is 10.7. The second-order valence-corrected chi connectivity index (χ2v) is 6.15. The Bertz CT molecular complexity index is 759. The standard InChI is InChI=1S/C19H22N4O4/c24-18(13-21-19(25)26)23-10-8-22(9-11-23)17-7-6-16(12-20-17)27-14-15-4-2-1-3-5-15/h1-7,12,21H,8-11,13-14H2,(H,25,26). The SMILES string of the molecule is O=C(O)NCC(=O)N1CCN(c2ccc(OCc3ccccc3)cn2)CC1. The average molecular weight is 370 g/mol. The number of ether oxygens (including phenoxy) is 1. The lowest BCUT2D eigenvalue weighted by molar-refractivity contribution is -0.130. The Morgan fingerprint density at radius 3 is 2.44 bits per heavy atom. The van der Waals surface area contributed by atoms with Crippen LogP contribution in [0, 0.1) is 0 Å². The normalized spacial score (nSPS) is 13.9. The minimum absolute atomic E-state index is 0.193. The third kappa shape index (κ3) is 5.34. The van der Waals surface area contributed by atoms with Crippen molar-refractivity contribution in [2.24, 2.45) is 0 Å². The van der Waals surface area contributed by atoms with Crippen LogP contribution in [0.1, 0.15) is 5.56 Å². The monoisotopic (exact) mass is 370 g/mol. The largest absolute Gasteiger partial charge is 0.487 e. The molecule has 1 aromatic carbocycles. The summed E-state index contributed by atoms with van der Waals surface area (Å²) < 4.78 is 5.74. The maximum absolute atomic E-state index is 11.9. The fourth-order valence-electron chi connectivity index (χ4n) is 2.83. The highest BCUT2D eigenvalue weighted by molar-refractivity contribution is 5.82. The summed E-state index contributed by atoms with van der Waals surface area (Å²) in [6.45, 7) is 2.67. The average Bonchev–Trinajstić information content (AvgIpc) is 2.72. The van der Waals surface area contributed by atoms with Crippen LogP contribution in [0.2, 0.25) is 0 Å². The second kappa shape index (κ2) is 8.88. The van der Waals surface area contributed by atoms with E-state index in [1.165, 1.54) is 0 Å². The first-order valence-electron chi connectivity index (χ1n) is 8.74. The molecule has 0 atom stereocenters. The number of nitrogens with zero attached hydrogens (tertiary/aromatic N) is 3. The van der Waals surface area contributed by atoms with Gasteiger partial charge in [-0.05, 0) is 17.7 Å². The number of hydrogen-bond acceptors (Lipinski definition) is 5. The molecule has 27 heavy (non-hydrogen) atoms. The minimum Gasteiger partial charge on any atom is -0.487 e. The van der Waals surface area contributed by atoms with Crippen LogP contribution in [0.15, 0.2) is 48.7 Å². The van der Waals surface area contributed by atoms with Crippen molar-refractivity contribution in [3.05, 3.63) is 54.2 Å². The lowest BCUT2D eigenvalue weighted by Crippen LogP contribution is -2.51. The molecular weight excluding hydrogens is 348 g/mol. The molecule has 1 saturated heterocycles. The second-order valence-electron chi connectivity index (χ2n) is 6.15. The van der Waals surface area contributed by atoms with Gasteiger partial charge in [0.05, 0.1) is 6.20 Å². The third-order valence-electron chi connectivity index (χ3n) is 4.32. The molecule has 0 unspecified atom stereocenters. The summed E-state index contributed by atoms with van der Waals surface area (Å²) in [6, 6.07) is 13.7. The van der Waals surface area contributed by atoms with Crippen molar-refractivity contribution >= 4 is 17.8 Å². The van der Waals surface area contributed by atoms with E-state index in [1.54, 1.807) is 11.1 Å². The maximum atomic E-state index is 11.9. The van der Waals surface area contributed by atoms with Crippen molar-refractivity contribution in [2.75, 3.05) is 37.6 Å². The van der Waals surface area contributed by atoms with Crippen LogP contribution in [0.3, 0.4) is 0 Å². The Kier molecular flexibility index (Phi) is 6.09. The number of anilines is 1. The molecule has 0 aliphatic carbocycles. The van der Waals surface area contributed by atoms with E-state index in [-0.39, 0.29) is 12.5 Å². The van der Waals surface area contributed by atoms with Crippen LogP contribution >= 0.6 is 0 Å². The van der Waals surface area contributed by atoms with E-state index < -0.39 is 6.09 Å². The van der Waals surface area contributed by atoms with Crippen LogP contribution in [0.4, 0.5) is 10.6 Å². The third-order valence-corrected chi connectivity index (χ3v) is 4.32. The number of carbonyl (C=O) groups is 2. The Labute approximate surface area is 157 Å². The molecule has 0 radical (unpaired) electrons. The van der Waals surface area contributed by atoms with Gasteiger partial charge >= 0.3 is 6.09 Å². The van der Waals surface area contributed by atoms with Crippen LogP contribution in [0.5, 0.6) is 5.75 Å². The molecule has 0 spiro atoms. The molecule has 0 saturated carbocycles. The molecule has 2 aromatic rings. The first-order chi connectivity index (χ1) is 13.1. The Hall–Kier alpha value is -3.29. The summed E-state index contributed by atoms with van der Waals surface area (Å²) in [5.74, 6) is 1.32. The fourth-order valence-corrected chi connectivity index (χ4v) is 2.83. The van der Waals surface area contributed by atoms with Gasteiger partial charge in [-0.15, -0.1) is 0 Å². The molecule has 1 fully saturated rings. The van der Waals surface area contributed by atoms with Crippen molar-refractivity contribution in [1.29, 1.82) is 0 Å². The summed E-state index contributed by atoms with van der Waals surface area (Å²) >= 11 is 0. The van der Waals surface area contributed by atoms with Crippen molar-refractivity contribution in [1.82, 2.24) is 15.2 Å². The first kappa shape index (κ1) is 18.5. The zero-order chi connectivity index (χ0) is 19.1. The van der Waals surface area contributed by atoms with Gasteiger partial charge in [-0.3, -0.25) is 4.79 Å². The van der Waals surface area contributed by atoms with E-state index in [1.807, 2.05) is 42.5 Å². The lowest BCUT2D eigenvalue weighted by atomic mass is 10.2. The van der Waals surface area contributed by atoms with E-state index in [4.69, 9.17) is 9.84 Å². The highest BCUT2D eigenvalue weighted by Gasteiger charge is 2.22. The molecule has 2 heterocycles. The van der Waals surface area contributed by atoms with Gasteiger partial charge in [-0.2, -0.15) is 0 Å². The Morgan fingerprint density at radius 1 is 1.07 bits per heavy atom. The van der Waals surface area contributed by atoms with E-state index in [2.05, 4.69) is 15.2 Å². The number of piperazine rings is 1. The molecule has 8 heteroatoms. The summed E-state index contributed by atoms with van der Waals surface area (Å²) in [4.78, 5) is 30.6. The van der Waals surface area contributed by atoms with E-state index in [0.717, 1.165) is 11.4 Å². The van der Waals surface area contributed by atoms with Crippen molar-refractivity contribution in [2.45, 2.75) is 6.61 Å². The van der Waals surface area contributed by atoms with Gasteiger partial charge in [-0.25, -0.2) is 9.78 Å². The summed E-state index contributed by atoms with van der Waals surface area (Å²) in [7, 11) is 0. The van der Waals surface area contributed by atoms with E-state index >= 15 is 0 Å². The van der Waals surface area contributed by atoms with E-state index in [9.17, 15) is 9.59 Å². The molecule has 2 N–H and O–H groups in total. The number of carbonyl (C=O) groups excluding carboxylic acids is 1. The fraction of sp³-hybridized carbons (Fsp3) is 0.316. The van der Waals surface area contributed by atoms with Crippen molar-refractivity contribution in [3.8, 4) is 5.75 Å². The predicted molar refractivity (Wildman–Crippen MR) is 99.8 cm³/mol. The number of amides is 2. The number of rotatable bonds is 6. The molecule has 3 rings (SSSR count). The van der Waals surface area contributed by atoms with Gasteiger partial charge < -0.3 is 25.0 Å². The summed E-state index contributed by atoms with van der Waals surface area (Å²) in [5.41, 5.74) is 1.10. The lowest BCUT2D eigenvalue weighted by Gasteiger charge is -2.35. The molecule has 1 aliphatic heterocycles. The molecule has 0 bridgehead atoms. The van der Waals surface area contributed by atoms with Gasteiger partial charge in [0.1, 0.15) is 24.7 Å². The number of hydrogen-bond donors (Lipinski definition) is 2. The van der Waals surface area contributed by atoms with Crippen LogP contribution in [-0.4, -0.2) is 59.7 Å². The first-order valence-corrected chi connectivity index (χ1v) is 8.74. The Balaban J connectivity index is 1.47. The topological polar surface area (TPSA) is 95.0 Å². The molecule has 8 nitrogen and oxygen atoms in total. The van der Waals surface area contributed by atoms with Crippen molar-refractivity contribution < 1.29 is 19.4 Å². The van der Waals surface area contributed by atoms with Gasteiger partial charge in [0.15, 0.2) is 0 Å². The number of pyridine rings is 1. The zero-order valence-electron chi connectivity index (χ0n) is 14.9.